The van der Waals surface area contributed by atoms with Crippen LogP contribution in [0.2, 0.25) is 0 Å². The van der Waals surface area contributed by atoms with Gasteiger partial charge < -0.3 is 10.1 Å². The Hall–Kier alpha value is -1.87. The molecule has 0 saturated heterocycles. The van der Waals surface area contributed by atoms with E-state index >= 15 is 0 Å². The van der Waals surface area contributed by atoms with Crippen LogP contribution in [-0.2, 0) is 0 Å². The van der Waals surface area contributed by atoms with Crippen LogP contribution in [-0.4, -0.2) is 18.6 Å². The molecule has 0 spiro atoms. The molecule has 18 heavy (non-hydrogen) atoms. The molecule has 0 aliphatic carbocycles. The van der Waals surface area contributed by atoms with Crippen LogP contribution in [0.25, 0.3) is 0 Å². The van der Waals surface area contributed by atoms with Gasteiger partial charge in [-0.3, -0.25) is 4.98 Å². The summed E-state index contributed by atoms with van der Waals surface area (Å²) >= 11 is 0. The Kier molecular flexibility index (Phi) is 4.73. The number of nitrogens with zero attached hydrogens (tertiary/aromatic N) is 1. The molecule has 1 unspecified atom stereocenters. The summed E-state index contributed by atoms with van der Waals surface area (Å²) in [5, 5.41) is 3.30. The Morgan fingerprint density at radius 2 is 1.83 bits per heavy atom. The summed E-state index contributed by atoms with van der Waals surface area (Å²) in [6.07, 6.45) is 4.56. The topological polar surface area (TPSA) is 34.1 Å². The largest absolute Gasteiger partial charge is 0.494 e. The summed E-state index contributed by atoms with van der Waals surface area (Å²) in [5.41, 5.74) is 1.24. The van der Waals surface area contributed by atoms with Crippen molar-refractivity contribution in [2.45, 2.75) is 12.5 Å². The number of aromatic nitrogens is 1. The summed E-state index contributed by atoms with van der Waals surface area (Å²) in [6, 6.07) is 14.3. The van der Waals surface area contributed by atoms with Gasteiger partial charge in [-0.15, -0.1) is 0 Å². The lowest BCUT2D eigenvalue weighted by molar-refractivity contribution is 0.290. The van der Waals surface area contributed by atoms with Crippen LogP contribution < -0.4 is 10.1 Å². The smallest absolute Gasteiger partial charge is 0.119 e. The van der Waals surface area contributed by atoms with E-state index in [9.17, 15) is 0 Å². The first kappa shape index (κ1) is 12.6. The van der Waals surface area contributed by atoms with Gasteiger partial charge in [0.2, 0.25) is 0 Å². The first-order chi connectivity index (χ1) is 8.90. The fourth-order valence-corrected chi connectivity index (χ4v) is 1.88. The summed E-state index contributed by atoms with van der Waals surface area (Å²) < 4.78 is 5.70. The third-order valence-corrected chi connectivity index (χ3v) is 2.88. The van der Waals surface area contributed by atoms with Gasteiger partial charge in [0.15, 0.2) is 0 Å². The zero-order chi connectivity index (χ0) is 12.6. The van der Waals surface area contributed by atoms with E-state index in [1.807, 2.05) is 61.9 Å². The molecule has 3 nitrogen and oxygen atoms in total. The SMILES string of the molecule is CNC(CCOc1ccccc1)c1ccncc1. The van der Waals surface area contributed by atoms with Gasteiger partial charge in [-0.05, 0) is 36.9 Å². The normalized spacial score (nSPS) is 12.1. The summed E-state index contributed by atoms with van der Waals surface area (Å²) in [5.74, 6) is 0.919. The maximum atomic E-state index is 5.70. The number of ether oxygens (including phenoxy) is 1. The molecule has 0 saturated carbocycles. The van der Waals surface area contributed by atoms with Crippen molar-refractivity contribution < 1.29 is 4.74 Å². The van der Waals surface area contributed by atoms with Gasteiger partial charge >= 0.3 is 0 Å². The van der Waals surface area contributed by atoms with Crippen molar-refractivity contribution in [3.05, 3.63) is 60.4 Å². The van der Waals surface area contributed by atoms with Crippen LogP contribution in [0.5, 0.6) is 5.75 Å². The Bertz CT molecular complexity index is 445. The van der Waals surface area contributed by atoms with Gasteiger partial charge in [-0.1, -0.05) is 18.2 Å². The standard InChI is InChI=1S/C15H18N2O/c1-16-15(13-7-10-17-11-8-13)9-12-18-14-5-3-2-4-6-14/h2-8,10-11,15-16H,9,12H2,1H3. The highest BCUT2D eigenvalue weighted by Gasteiger charge is 2.08. The Morgan fingerprint density at radius 1 is 1.11 bits per heavy atom. The zero-order valence-corrected chi connectivity index (χ0v) is 10.5. The van der Waals surface area contributed by atoms with Crippen LogP contribution in [0.1, 0.15) is 18.0 Å². The summed E-state index contributed by atoms with van der Waals surface area (Å²) in [4.78, 5) is 4.03. The van der Waals surface area contributed by atoms with Crippen molar-refractivity contribution >= 4 is 0 Å². The number of nitrogens with one attached hydrogen (secondary N) is 1. The van der Waals surface area contributed by atoms with Crippen molar-refractivity contribution in [3.8, 4) is 5.75 Å². The molecule has 94 valence electrons. The second kappa shape index (κ2) is 6.77. The monoisotopic (exact) mass is 242 g/mol. The average Bonchev–Trinajstić information content (AvgIpc) is 2.46. The van der Waals surface area contributed by atoms with E-state index in [0.29, 0.717) is 12.6 Å². The van der Waals surface area contributed by atoms with E-state index in [0.717, 1.165) is 12.2 Å². The van der Waals surface area contributed by atoms with E-state index in [1.165, 1.54) is 5.56 Å². The summed E-state index contributed by atoms with van der Waals surface area (Å²) in [6.45, 7) is 0.692. The zero-order valence-electron chi connectivity index (χ0n) is 10.5. The van der Waals surface area contributed by atoms with Gasteiger partial charge in [0, 0.05) is 24.9 Å². The second-order valence-electron chi connectivity index (χ2n) is 4.07. The van der Waals surface area contributed by atoms with Gasteiger partial charge in [0.25, 0.3) is 0 Å². The van der Waals surface area contributed by atoms with Crippen molar-refractivity contribution in [3.63, 3.8) is 0 Å². The first-order valence-corrected chi connectivity index (χ1v) is 6.15. The molecule has 1 aromatic carbocycles. The maximum absolute atomic E-state index is 5.70. The van der Waals surface area contributed by atoms with Crippen LogP contribution in [0.4, 0.5) is 0 Å². The molecule has 1 N–H and O–H groups in total. The van der Waals surface area contributed by atoms with E-state index in [-0.39, 0.29) is 0 Å². The molecule has 1 aromatic heterocycles. The van der Waals surface area contributed by atoms with Gasteiger partial charge in [-0.25, -0.2) is 0 Å². The highest BCUT2D eigenvalue weighted by atomic mass is 16.5. The van der Waals surface area contributed by atoms with Crippen LogP contribution >= 0.6 is 0 Å². The van der Waals surface area contributed by atoms with Crippen molar-refractivity contribution in [1.29, 1.82) is 0 Å². The molecule has 3 heteroatoms. The van der Waals surface area contributed by atoms with Gasteiger partial charge in [0.05, 0.1) is 6.61 Å². The molecule has 0 fully saturated rings. The minimum Gasteiger partial charge on any atom is -0.494 e. The third-order valence-electron chi connectivity index (χ3n) is 2.88. The molecule has 0 radical (unpaired) electrons. The molecular formula is C15H18N2O. The molecular weight excluding hydrogens is 224 g/mol. The number of rotatable bonds is 6. The third kappa shape index (κ3) is 3.57. The summed E-state index contributed by atoms with van der Waals surface area (Å²) in [7, 11) is 1.97. The fraction of sp³-hybridized carbons (Fsp3) is 0.267. The molecule has 2 rings (SSSR count). The molecule has 0 amide bonds. The highest BCUT2D eigenvalue weighted by Crippen LogP contribution is 2.16. The Balaban J connectivity index is 1.85. The van der Waals surface area contributed by atoms with Crippen molar-refractivity contribution in [2.24, 2.45) is 0 Å². The number of hydrogen-bond acceptors (Lipinski definition) is 3. The number of hydrogen-bond donors (Lipinski definition) is 1. The van der Waals surface area contributed by atoms with Crippen LogP contribution in [0.15, 0.2) is 54.9 Å². The predicted molar refractivity (Wildman–Crippen MR) is 72.6 cm³/mol. The molecule has 0 aliphatic rings. The fourth-order valence-electron chi connectivity index (χ4n) is 1.88. The van der Waals surface area contributed by atoms with Crippen LogP contribution in [0, 0.1) is 0 Å². The highest BCUT2D eigenvalue weighted by molar-refractivity contribution is 5.21. The molecule has 1 atom stereocenters. The lowest BCUT2D eigenvalue weighted by Crippen LogP contribution is -2.19. The number of para-hydroxylation sites is 1. The van der Waals surface area contributed by atoms with E-state index < -0.39 is 0 Å². The molecule has 2 aromatic rings. The quantitative estimate of drug-likeness (QED) is 0.845. The van der Waals surface area contributed by atoms with Crippen molar-refractivity contribution in [2.75, 3.05) is 13.7 Å². The van der Waals surface area contributed by atoms with E-state index in [4.69, 9.17) is 4.74 Å². The minimum atomic E-state index is 0.303. The van der Waals surface area contributed by atoms with Crippen LogP contribution in [0.3, 0.4) is 0 Å². The maximum Gasteiger partial charge on any atom is 0.119 e. The molecule has 0 aliphatic heterocycles. The Labute approximate surface area is 108 Å². The lowest BCUT2D eigenvalue weighted by Gasteiger charge is -2.16. The number of benzene rings is 1. The van der Waals surface area contributed by atoms with E-state index in [1.54, 1.807) is 0 Å². The van der Waals surface area contributed by atoms with E-state index in [2.05, 4.69) is 10.3 Å². The lowest BCUT2D eigenvalue weighted by atomic mass is 10.1. The number of pyridine rings is 1. The second-order valence-corrected chi connectivity index (χ2v) is 4.07. The van der Waals surface area contributed by atoms with Gasteiger partial charge in [-0.2, -0.15) is 0 Å². The van der Waals surface area contributed by atoms with Crippen molar-refractivity contribution in [1.82, 2.24) is 10.3 Å². The first-order valence-electron chi connectivity index (χ1n) is 6.15. The molecule has 1 heterocycles. The predicted octanol–water partition coefficient (Wildman–Crippen LogP) is 2.81. The Morgan fingerprint density at radius 3 is 2.50 bits per heavy atom. The minimum absolute atomic E-state index is 0.303. The van der Waals surface area contributed by atoms with Gasteiger partial charge in [0.1, 0.15) is 5.75 Å². The molecule has 0 bridgehead atoms. The average molecular weight is 242 g/mol.